The molecule has 1 fully saturated rings. The van der Waals surface area contributed by atoms with Crippen LogP contribution < -0.4 is 32.3 Å². The van der Waals surface area contributed by atoms with Gasteiger partial charge in [-0.1, -0.05) is 83.2 Å². The molecule has 0 spiro atoms. The Labute approximate surface area is 310 Å². The van der Waals surface area contributed by atoms with E-state index < -0.39 is 53.7 Å². The van der Waals surface area contributed by atoms with Crippen molar-refractivity contribution in [3.05, 3.63) is 35.9 Å². The summed E-state index contributed by atoms with van der Waals surface area (Å²) in [5.41, 5.74) is 6.12. The van der Waals surface area contributed by atoms with Crippen molar-refractivity contribution in [2.75, 3.05) is 19.6 Å². The SMILES string of the molecule is CCN(CCCC[C@H](NC(=O)C(CC1CCCCC1)NC(=O)[C@H](C)NC(=O)C(Cc1ccccc1)NC(=O)CC(C)C)C(=O)NCC(N)=O)C(C)C. The van der Waals surface area contributed by atoms with Crippen LogP contribution in [-0.2, 0) is 35.2 Å². The van der Waals surface area contributed by atoms with Gasteiger partial charge < -0.3 is 37.2 Å². The van der Waals surface area contributed by atoms with Gasteiger partial charge >= 0.3 is 0 Å². The van der Waals surface area contributed by atoms with E-state index in [0.717, 1.165) is 57.2 Å². The summed E-state index contributed by atoms with van der Waals surface area (Å²) in [5, 5.41) is 13.8. The average molecular weight is 728 g/mol. The van der Waals surface area contributed by atoms with Crippen LogP contribution in [0.3, 0.4) is 0 Å². The number of nitrogens with zero attached hydrogens (tertiary/aromatic N) is 1. The van der Waals surface area contributed by atoms with E-state index >= 15 is 0 Å². The van der Waals surface area contributed by atoms with Crippen molar-refractivity contribution < 1.29 is 28.8 Å². The number of carbonyl (C=O) groups is 6. The zero-order valence-electron chi connectivity index (χ0n) is 32.3. The fraction of sp³-hybridized carbons (Fsp3) is 0.692. The Kier molecular flexibility index (Phi) is 20.0. The molecule has 7 N–H and O–H groups in total. The fourth-order valence-corrected chi connectivity index (χ4v) is 6.63. The Morgan fingerprint density at radius 3 is 2.00 bits per heavy atom. The van der Waals surface area contributed by atoms with Crippen LogP contribution in [0.2, 0.25) is 0 Å². The van der Waals surface area contributed by atoms with E-state index in [9.17, 15) is 28.8 Å². The number of carbonyl (C=O) groups excluding carboxylic acids is 6. The molecule has 0 aliphatic heterocycles. The lowest BCUT2D eigenvalue weighted by Gasteiger charge is -2.29. The summed E-state index contributed by atoms with van der Waals surface area (Å²) < 4.78 is 0. The Balaban J connectivity index is 2.19. The first kappa shape index (κ1) is 44.2. The molecule has 1 saturated carbocycles. The third kappa shape index (κ3) is 17.0. The zero-order chi connectivity index (χ0) is 38.6. The van der Waals surface area contributed by atoms with Gasteiger partial charge in [0.05, 0.1) is 6.54 Å². The predicted molar refractivity (Wildman–Crippen MR) is 203 cm³/mol. The number of amides is 6. The van der Waals surface area contributed by atoms with Crippen molar-refractivity contribution >= 4 is 35.4 Å². The summed E-state index contributed by atoms with van der Waals surface area (Å²) in [4.78, 5) is 80.6. The molecule has 1 aliphatic carbocycles. The standard InChI is InChI=1S/C39H65N7O6/c1-7-46(27(4)5)21-15-14-20-31(37(50)41-25-34(40)47)44-39(52)33(24-30-18-12-9-13-19-30)45-36(49)28(6)42-38(51)32(43-35(48)22-26(2)3)23-29-16-10-8-11-17-29/h8,10-11,16-17,26-28,30-33H,7,9,12-15,18-25H2,1-6H3,(H2,40,47)(H,41,50)(H,42,51)(H,43,48)(H,44,52)(H,45,49)/t28-,31-,32?,33?/m0/s1. The van der Waals surface area contributed by atoms with Crippen LogP contribution in [0, 0.1) is 11.8 Å². The van der Waals surface area contributed by atoms with Crippen molar-refractivity contribution in [3.8, 4) is 0 Å². The van der Waals surface area contributed by atoms with Crippen molar-refractivity contribution in [3.63, 3.8) is 0 Å². The van der Waals surface area contributed by atoms with Gasteiger partial charge in [0.25, 0.3) is 0 Å². The van der Waals surface area contributed by atoms with Crippen molar-refractivity contribution in [2.45, 2.75) is 142 Å². The number of hydrogen-bond acceptors (Lipinski definition) is 7. The number of nitrogens with two attached hydrogens (primary N) is 1. The van der Waals surface area contributed by atoms with E-state index in [1.807, 2.05) is 44.2 Å². The van der Waals surface area contributed by atoms with Crippen molar-refractivity contribution in [2.24, 2.45) is 17.6 Å². The van der Waals surface area contributed by atoms with Crippen molar-refractivity contribution in [1.29, 1.82) is 0 Å². The van der Waals surface area contributed by atoms with E-state index in [2.05, 4.69) is 52.3 Å². The summed E-state index contributed by atoms with van der Waals surface area (Å²) in [6.07, 6.45) is 7.72. The maximum absolute atomic E-state index is 13.9. The molecule has 6 amide bonds. The number of primary amides is 1. The van der Waals surface area contributed by atoms with E-state index in [0.29, 0.717) is 25.3 Å². The van der Waals surface area contributed by atoms with Gasteiger partial charge in [-0.05, 0) is 76.9 Å². The first-order valence-corrected chi connectivity index (χ1v) is 19.2. The molecular weight excluding hydrogens is 662 g/mol. The quantitative estimate of drug-likeness (QED) is 0.0934. The number of hydrogen-bond donors (Lipinski definition) is 6. The molecule has 4 atom stereocenters. The average Bonchev–Trinajstić information content (AvgIpc) is 3.09. The van der Waals surface area contributed by atoms with Gasteiger partial charge in [-0.3, -0.25) is 28.8 Å². The molecule has 0 heterocycles. The Bertz CT molecular complexity index is 1280. The monoisotopic (exact) mass is 727 g/mol. The summed E-state index contributed by atoms with van der Waals surface area (Å²) in [6, 6.07) is 5.88. The van der Waals surface area contributed by atoms with Crippen LogP contribution in [0.4, 0.5) is 0 Å². The van der Waals surface area contributed by atoms with Gasteiger partial charge in [0.2, 0.25) is 35.4 Å². The molecule has 0 saturated heterocycles. The number of unbranched alkanes of at least 4 members (excludes halogenated alkanes) is 1. The first-order valence-electron chi connectivity index (χ1n) is 19.2. The molecule has 0 radical (unpaired) electrons. The minimum atomic E-state index is -1.02. The van der Waals surface area contributed by atoms with Gasteiger partial charge in [0, 0.05) is 18.9 Å². The Hall–Kier alpha value is -4.00. The number of benzene rings is 1. The molecule has 292 valence electrons. The molecule has 13 heteroatoms. The van der Waals surface area contributed by atoms with Crippen molar-refractivity contribution in [1.82, 2.24) is 31.5 Å². The summed E-state index contributed by atoms with van der Waals surface area (Å²) in [6.45, 7) is 13.1. The molecule has 2 rings (SSSR count). The fourth-order valence-electron chi connectivity index (χ4n) is 6.63. The van der Waals surface area contributed by atoms with Gasteiger partial charge in [0.1, 0.15) is 24.2 Å². The van der Waals surface area contributed by atoms with Crippen LogP contribution in [0.25, 0.3) is 0 Å². The molecule has 52 heavy (non-hydrogen) atoms. The van der Waals surface area contributed by atoms with E-state index in [1.165, 1.54) is 6.92 Å². The third-order valence-electron chi connectivity index (χ3n) is 9.60. The topological polar surface area (TPSA) is 192 Å². The lowest BCUT2D eigenvalue weighted by Crippen LogP contribution is -2.58. The molecule has 13 nitrogen and oxygen atoms in total. The highest BCUT2D eigenvalue weighted by Gasteiger charge is 2.32. The lowest BCUT2D eigenvalue weighted by molar-refractivity contribution is -0.135. The van der Waals surface area contributed by atoms with Crippen LogP contribution in [0.1, 0.15) is 111 Å². The second kappa shape index (κ2) is 23.5. The van der Waals surface area contributed by atoms with Gasteiger partial charge in [0.15, 0.2) is 0 Å². The normalized spacial score (nSPS) is 15.7. The molecule has 2 unspecified atom stereocenters. The maximum atomic E-state index is 13.9. The predicted octanol–water partition coefficient (Wildman–Crippen LogP) is 2.71. The molecule has 1 aromatic carbocycles. The van der Waals surface area contributed by atoms with Crippen LogP contribution in [0.5, 0.6) is 0 Å². The summed E-state index contributed by atoms with van der Waals surface area (Å²) in [5.74, 6) is -2.74. The van der Waals surface area contributed by atoms with E-state index in [-0.39, 0.29) is 37.1 Å². The molecular formula is C39H65N7O6. The van der Waals surface area contributed by atoms with Crippen LogP contribution in [-0.4, -0.2) is 90.2 Å². The highest BCUT2D eigenvalue weighted by molar-refractivity contribution is 5.95. The third-order valence-corrected chi connectivity index (χ3v) is 9.60. The molecule has 0 bridgehead atoms. The first-order chi connectivity index (χ1) is 24.7. The highest BCUT2D eigenvalue weighted by Crippen LogP contribution is 2.27. The largest absolute Gasteiger partial charge is 0.368 e. The summed E-state index contributed by atoms with van der Waals surface area (Å²) >= 11 is 0. The van der Waals surface area contributed by atoms with Crippen LogP contribution in [0.15, 0.2) is 30.3 Å². The number of nitrogens with one attached hydrogen (secondary N) is 5. The lowest BCUT2D eigenvalue weighted by atomic mass is 9.84. The molecule has 1 aliphatic rings. The van der Waals surface area contributed by atoms with E-state index in [4.69, 9.17) is 5.73 Å². The van der Waals surface area contributed by atoms with Gasteiger partial charge in [-0.25, -0.2) is 0 Å². The van der Waals surface area contributed by atoms with Gasteiger partial charge in [-0.15, -0.1) is 0 Å². The van der Waals surface area contributed by atoms with Crippen LogP contribution >= 0.6 is 0 Å². The van der Waals surface area contributed by atoms with Gasteiger partial charge in [-0.2, -0.15) is 0 Å². The second-order valence-corrected chi connectivity index (χ2v) is 14.9. The molecule has 1 aromatic rings. The highest BCUT2D eigenvalue weighted by atomic mass is 16.2. The Morgan fingerprint density at radius 1 is 0.769 bits per heavy atom. The minimum Gasteiger partial charge on any atom is -0.368 e. The molecule has 0 aromatic heterocycles. The zero-order valence-corrected chi connectivity index (χ0v) is 32.3. The maximum Gasteiger partial charge on any atom is 0.243 e. The smallest absolute Gasteiger partial charge is 0.243 e. The Morgan fingerprint density at radius 2 is 1.40 bits per heavy atom. The van der Waals surface area contributed by atoms with E-state index in [1.54, 1.807) is 0 Å². The second-order valence-electron chi connectivity index (χ2n) is 14.9. The summed E-state index contributed by atoms with van der Waals surface area (Å²) in [7, 11) is 0. The minimum absolute atomic E-state index is 0.0995. The number of rotatable bonds is 23.